The molecule has 1 aromatic heterocycles. The normalized spacial score (nSPS) is 13.8. The lowest BCUT2D eigenvalue weighted by Gasteiger charge is -2.32. The van der Waals surface area contributed by atoms with Crippen LogP contribution in [0.15, 0.2) is 41.3 Å². The highest BCUT2D eigenvalue weighted by Crippen LogP contribution is 2.34. The van der Waals surface area contributed by atoms with E-state index in [4.69, 9.17) is 15.6 Å². The highest BCUT2D eigenvalue weighted by Gasteiger charge is 2.22. The van der Waals surface area contributed by atoms with E-state index < -0.39 is 15.9 Å². The number of primary amides is 1. The Balaban J connectivity index is 1.70. The highest BCUT2D eigenvalue weighted by molar-refractivity contribution is 7.89. The lowest BCUT2D eigenvalue weighted by molar-refractivity contribution is 0.0995. The molecule has 36 heavy (non-hydrogen) atoms. The first-order chi connectivity index (χ1) is 17.1. The van der Waals surface area contributed by atoms with Crippen LogP contribution in [0.3, 0.4) is 0 Å². The van der Waals surface area contributed by atoms with Crippen LogP contribution >= 0.6 is 0 Å². The first kappa shape index (κ1) is 25.3. The Bertz CT molecular complexity index is 1410. The maximum absolute atomic E-state index is 12.0. The molecule has 12 nitrogen and oxygen atoms in total. The number of carbonyl (C=O) groups excluding carboxylic acids is 1. The summed E-state index contributed by atoms with van der Waals surface area (Å²) in [4.78, 5) is 18.5. The number of aromatic nitrogens is 3. The summed E-state index contributed by atoms with van der Waals surface area (Å²) in [5, 5.41) is 19.1. The number of ether oxygens (including phenoxy) is 1. The van der Waals surface area contributed by atoms with Gasteiger partial charge in [-0.1, -0.05) is 12.1 Å². The van der Waals surface area contributed by atoms with Crippen molar-refractivity contribution in [2.24, 2.45) is 10.9 Å². The number of carbonyl (C=O) groups is 1. The lowest BCUT2D eigenvalue weighted by Crippen LogP contribution is -2.35. The average molecular weight is 513 g/mol. The minimum Gasteiger partial charge on any atom is -0.495 e. The number of sulfonamides is 1. The number of hydrogen-bond acceptors (Lipinski definition) is 10. The van der Waals surface area contributed by atoms with Gasteiger partial charge in [0.2, 0.25) is 16.0 Å². The molecule has 1 aliphatic rings. The zero-order valence-corrected chi connectivity index (χ0v) is 21.0. The van der Waals surface area contributed by atoms with Crippen LogP contribution in [0.4, 0.5) is 23.1 Å². The number of benzene rings is 2. The summed E-state index contributed by atoms with van der Waals surface area (Å²) in [6, 6.07) is 10.3. The van der Waals surface area contributed by atoms with Crippen LogP contribution in [0.1, 0.15) is 35.5 Å². The Labute approximate surface area is 209 Å². The smallest absolute Gasteiger partial charge is 0.273 e. The zero-order valence-electron chi connectivity index (χ0n) is 20.1. The second kappa shape index (κ2) is 10.0. The number of nitrogens with zero attached hydrogens (tertiary/aromatic N) is 4. The van der Waals surface area contributed by atoms with E-state index in [1.807, 2.05) is 12.1 Å². The van der Waals surface area contributed by atoms with Crippen molar-refractivity contribution in [1.29, 1.82) is 0 Å². The summed E-state index contributed by atoms with van der Waals surface area (Å²) < 4.78 is 29.6. The summed E-state index contributed by atoms with van der Waals surface area (Å²) in [6.07, 6.45) is 0.910. The molecule has 190 valence electrons. The van der Waals surface area contributed by atoms with Gasteiger partial charge in [0.25, 0.3) is 5.91 Å². The van der Waals surface area contributed by atoms with Gasteiger partial charge >= 0.3 is 0 Å². The number of fused-ring (bicyclic) bond motifs is 1. The van der Waals surface area contributed by atoms with E-state index >= 15 is 0 Å². The Morgan fingerprint density at radius 3 is 2.53 bits per heavy atom. The molecule has 0 saturated carbocycles. The third-order valence-corrected chi connectivity index (χ3v) is 6.88. The Morgan fingerprint density at radius 2 is 1.86 bits per heavy atom. The third-order valence-electron chi connectivity index (χ3n) is 5.91. The first-order valence-corrected chi connectivity index (χ1v) is 12.8. The van der Waals surface area contributed by atoms with E-state index in [0.29, 0.717) is 17.5 Å². The molecule has 0 unspecified atom stereocenters. The lowest BCUT2D eigenvalue weighted by atomic mass is 9.97. The molecule has 0 saturated heterocycles. The van der Waals surface area contributed by atoms with Crippen LogP contribution in [-0.4, -0.2) is 54.1 Å². The average Bonchev–Trinajstić information content (AvgIpc) is 2.83. The second-order valence-electron chi connectivity index (χ2n) is 8.62. The molecule has 3 aromatic rings. The van der Waals surface area contributed by atoms with Crippen LogP contribution < -0.4 is 26.2 Å². The van der Waals surface area contributed by atoms with Crippen LogP contribution in [-0.2, 0) is 23.0 Å². The van der Waals surface area contributed by atoms with E-state index in [-0.39, 0.29) is 28.0 Å². The summed E-state index contributed by atoms with van der Waals surface area (Å²) in [6.45, 7) is 6.09. The van der Waals surface area contributed by atoms with E-state index in [2.05, 4.69) is 44.6 Å². The predicted molar refractivity (Wildman–Crippen MR) is 135 cm³/mol. The monoisotopic (exact) mass is 512 g/mol. The SMILES string of the molecule is COc1cc2c(cc1Nc1nnc(C(N)=O)c(Nc3ccccc3S(N)(=O)=O)n1)CN(C(C)C)CC2. The maximum Gasteiger partial charge on any atom is 0.273 e. The number of amides is 1. The fourth-order valence-corrected chi connectivity index (χ4v) is 4.71. The van der Waals surface area contributed by atoms with Crippen LogP contribution in [0.25, 0.3) is 0 Å². The molecule has 1 aliphatic heterocycles. The second-order valence-corrected chi connectivity index (χ2v) is 10.2. The van der Waals surface area contributed by atoms with Crippen LogP contribution in [0, 0.1) is 0 Å². The van der Waals surface area contributed by atoms with Crippen molar-refractivity contribution in [3.8, 4) is 5.75 Å². The number of para-hydroxylation sites is 1. The van der Waals surface area contributed by atoms with Crippen molar-refractivity contribution >= 4 is 39.1 Å². The molecular weight excluding hydrogens is 484 g/mol. The molecule has 0 bridgehead atoms. The number of methoxy groups -OCH3 is 1. The summed E-state index contributed by atoms with van der Waals surface area (Å²) in [5.74, 6) is -0.329. The fraction of sp³-hybridized carbons (Fsp3) is 0.304. The molecular formula is C23H28N8O4S. The highest BCUT2D eigenvalue weighted by atomic mass is 32.2. The molecule has 0 aliphatic carbocycles. The Morgan fingerprint density at radius 1 is 1.11 bits per heavy atom. The topological polar surface area (TPSA) is 178 Å². The predicted octanol–water partition coefficient (Wildman–Crippen LogP) is 1.88. The fourth-order valence-electron chi connectivity index (χ4n) is 4.01. The van der Waals surface area contributed by atoms with Crippen molar-refractivity contribution in [1.82, 2.24) is 20.1 Å². The molecule has 0 radical (unpaired) electrons. The van der Waals surface area contributed by atoms with E-state index in [1.165, 1.54) is 23.8 Å². The van der Waals surface area contributed by atoms with Crippen molar-refractivity contribution in [3.63, 3.8) is 0 Å². The maximum atomic E-state index is 12.0. The number of primary sulfonamides is 1. The molecule has 1 amide bonds. The van der Waals surface area contributed by atoms with Gasteiger partial charge in [0.15, 0.2) is 11.5 Å². The molecule has 0 atom stereocenters. The van der Waals surface area contributed by atoms with Gasteiger partial charge in [0, 0.05) is 19.1 Å². The van der Waals surface area contributed by atoms with Crippen molar-refractivity contribution in [2.45, 2.75) is 37.8 Å². The van der Waals surface area contributed by atoms with Gasteiger partial charge in [-0.25, -0.2) is 13.6 Å². The van der Waals surface area contributed by atoms with Gasteiger partial charge in [0.1, 0.15) is 10.6 Å². The van der Waals surface area contributed by atoms with Gasteiger partial charge in [-0.15, -0.1) is 10.2 Å². The largest absolute Gasteiger partial charge is 0.495 e. The van der Waals surface area contributed by atoms with Crippen molar-refractivity contribution in [2.75, 3.05) is 24.3 Å². The summed E-state index contributed by atoms with van der Waals surface area (Å²) in [7, 11) is -2.48. The quantitative estimate of drug-likeness (QED) is 0.348. The number of anilines is 4. The van der Waals surface area contributed by atoms with Gasteiger partial charge < -0.3 is 21.1 Å². The molecule has 0 fully saturated rings. The van der Waals surface area contributed by atoms with E-state index in [9.17, 15) is 13.2 Å². The van der Waals surface area contributed by atoms with Crippen LogP contribution in [0.2, 0.25) is 0 Å². The van der Waals surface area contributed by atoms with Crippen LogP contribution in [0.5, 0.6) is 5.75 Å². The van der Waals surface area contributed by atoms with Gasteiger partial charge in [-0.05, 0) is 55.7 Å². The number of nitrogens with two attached hydrogens (primary N) is 2. The number of hydrogen-bond donors (Lipinski definition) is 4. The third kappa shape index (κ3) is 5.37. The number of nitrogens with one attached hydrogen (secondary N) is 2. The molecule has 2 aromatic carbocycles. The van der Waals surface area contributed by atoms with Crippen molar-refractivity contribution < 1.29 is 17.9 Å². The van der Waals surface area contributed by atoms with Gasteiger partial charge in [-0.2, -0.15) is 4.98 Å². The van der Waals surface area contributed by atoms with E-state index in [0.717, 1.165) is 25.1 Å². The molecule has 13 heteroatoms. The standard InChI is InChI=1S/C23H28N8O4S/c1-13(2)31-9-8-14-11-18(35-3)17(10-15(14)12-31)27-23-28-22(20(21(24)32)29-30-23)26-16-6-4-5-7-19(16)36(25,33)34/h4-7,10-11,13H,8-9,12H2,1-3H3,(H2,24,32)(H2,25,33,34)(H2,26,27,28,30). The van der Waals surface area contributed by atoms with Gasteiger partial charge in [0.05, 0.1) is 18.5 Å². The Hall–Kier alpha value is -3.81. The summed E-state index contributed by atoms with van der Waals surface area (Å²) >= 11 is 0. The Kier molecular flexibility index (Phi) is 7.06. The van der Waals surface area contributed by atoms with Gasteiger partial charge in [-0.3, -0.25) is 9.69 Å². The first-order valence-electron chi connectivity index (χ1n) is 11.2. The molecule has 4 rings (SSSR count). The van der Waals surface area contributed by atoms with E-state index in [1.54, 1.807) is 13.2 Å². The summed E-state index contributed by atoms with van der Waals surface area (Å²) in [5.41, 5.74) is 8.26. The minimum atomic E-state index is -4.05. The number of rotatable bonds is 8. The van der Waals surface area contributed by atoms with Crippen molar-refractivity contribution in [3.05, 3.63) is 53.2 Å². The minimum absolute atomic E-state index is 0.0466. The molecule has 2 heterocycles. The molecule has 0 spiro atoms. The molecule has 6 N–H and O–H groups in total. The zero-order chi connectivity index (χ0) is 26.0.